The molecule has 4 nitrogen and oxygen atoms in total. The fraction of sp³-hybridized carbons (Fsp3) is 0.533. The standard InChI is InChI=1S/C15H21BrN2O2.ClH/c1-10(20-14-4-2-3-12(16)8-14)9-18-15(19)11-5-6-13(17)7-11;/h2-4,8,10-11,13H,5-7,9,17H2,1H3,(H,18,19);1H. The van der Waals surface area contributed by atoms with Crippen LogP contribution < -0.4 is 15.8 Å². The van der Waals surface area contributed by atoms with Crippen LogP contribution in [0.4, 0.5) is 0 Å². The second-order valence-electron chi connectivity index (χ2n) is 5.40. The van der Waals surface area contributed by atoms with Crippen LogP contribution in [0, 0.1) is 5.92 Å². The van der Waals surface area contributed by atoms with Gasteiger partial charge in [-0.1, -0.05) is 22.0 Å². The van der Waals surface area contributed by atoms with Crippen LogP contribution >= 0.6 is 28.3 Å². The molecule has 3 N–H and O–H groups in total. The molecule has 21 heavy (non-hydrogen) atoms. The fourth-order valence-electron chi connectivity index (χ4n) is 2.46. The highest BCUT2D eigenvalue weighted by Gasteiger charge is 2.27. The zero-order valence-electron chi connectivity index (χ0n) is 12.0. The van der Waals surface area contributed by atoms with Crippen LogP contribution in [0.25, 0.3) is 0 Å². The molecule has 1 aliphatic rings. The first kappa shape index (κ1) is 18.3. The number of nitrogens with two attached hydrogens (primary N) is 1. The summed E-state index contributed by atoms with van der Waals surface area (Å²) in [6.07, 6.45) is 2.58. The van der Waals surface area contributed by atoms with Crippen molar-refractivity contribution in [3.8, 4) is 5.75 Å². The van der Waals surface area contributed by atoms with E-state index in [-0.39, 0.29) is 36.4 Å². The van der Waals surface area contributed by atoms with E-state index < -0.39 is 0 Å². The van der Waals surface area contributed by atoms with Crippen molar-refractivity contribution in [3.05, 3.63) is 28.7 Å². The molecule has 6 heteroatoms. The molecule has 1 aromatic rings. The lowest BCUT2D eigenvalue weighted by atomic mass is 10.1. The second kappa shape index (κ2) is 8.61. The summed E-state index contributed by atoms with van der Waals surface area (Å²) in [5, 5.41) is 2.95. The molecule has 1 fully saturated rings. The van der Waals surface area contributed by atoms with Crippen LogP contribution in [0.2, 0.25) is 0 Å². The van der Waals surface area contributed by atoms with Crippen molar-refractivity contribution in [1.82, 2.24) is 5.32 Å². The van der Waals surface area contributed by atoms with Crippen molar-refractivity contribution < 1.29 is 9.53 Å². The monoisotopic (exact) mass is 376 g/mol. The SMILES string of the molecule is CC(CNC(=O)C1CCC(N)C1)Oc1cccc(Br)c1.Cl. The highest BCUT2D eigenvalue weighted by molar-refractivity contribution is 9.10. The molecular formula is C15H22BrClN2O2. The van der Waals surface area contributed by atoms with Crippen molar-refractivity contribution >= 4 is 34.2 Å². The van der Waals surface area contributed by atoms with Gasteiger partial charge in [-0.2, -0.15) is 0 Å². The predicted molar refractivity (Wildman–Crippen MR) is 89.8 cm³/mol. The fourth-order valence-corrected chi connectivity index (χ4v) is 2.84. The Balaban J connectivity index is 0.00000220. The van der Waals surface area contributed by atoms with Gasteiger partial charge in [0, 0.05) is 16.4 Å². The Labute approximate surface area is 140 Å². The zero-order chi connectivity index (χ0) is 14.5. The highest BCUT2D eigenvalue weighted by atomic mass is 79.9. The van der Waals surface area contributed by atoms with Crippen LogP contribution in [0.15, 0.2) is 28.7 Å². The Bertz CT molecular complexity index is 473. The van der Waals surface area contributed by atoms with E-state index >= 15 is 0 Å². The van der Waals surface area contributed by atoms with Gasteiger partial charge in [0.1, 0.15) is 11.9 Å². The molecule has 0 aromatic heterocycles. The highest BCUT2D eigenvalue weighted by Crippen LogP contribution is 2.24. The van der Waals surface area contributed by atoms with Gasteiger partial charge < -0.3 is 15.8 Å². The summed E-state index contributed by atoms with van der Waals surface area (Å²) in [5.74, 6) is 0.967. The molecule has 3 unspecified atom stereocenters. The van der Waals surface area contributed by atoms with Crippen molar-refractivity contribution in [1.29, 1.82) is 0 Å². The minimum atomic E-state index is -0.0664. The minimum absolute atomic E-state index is 0. The smallest absolute Gasteiger partial charge is 0.223 e. The van der Waals surface area contributed by atoms with Crippen molar-refractivity contribution in [2.75, 3.05) is 6.54 Å². The molecule has 1 amide bonds. The number of benzene rings is 1. The summed E-state index contributed by atoms with van der Waals surface area (Å²) in [4.78, 5) is 12.0. The molecule has 2 rings (SSSR count). The Hall–Kier alpha value is -0.780. The number of rotatable bonds is 5. The van der Waals surface area contributed by atoms with Gasteiger partial charge in [-0.3, -0.25) is 4.79 Å². The number of halogens is 2. The first-order valence-electron chi connectivity index (χ1n) is 7.00. The van der Waals surface area contributed by atoms with Gasteiger partial charge in [-0.05, 0) is 44.4 Å². The van der Waals surface area contributed by atoms with Crippen LogP contribution in [-0.4, -0.2) is 24.6 Å². The first-order chi connectivity index (χ1) is 9.54. The maximum Gasteiger partial charge on any atom is 0.223 e. The van der Waals surface area contributed by atoms with E-state index in [4.69, 9.17) is 10.5 Å². The van der Waals surface area contributed by atoms with Gasteiger partial charge in [0.05, 0.1) is 6.54 Å². The molecule has 3 atom stereocenters. The Morgan fingerprint density at radius 3 is 2.90 bits per heavy atom. The molecule has 0 saturated heterocycles. The Kier molecular flexibility index (Phi) is 7.49. The van der Waals surface area contributed by atoms with Crippen LogP contribution in [-0.2, 0) is 4.79 Å². The summed E-state index contributed by atoms with van der Waals surface area (Å²) in [5.41, 5.74) is 5.83. The molecule has 0 bridgehead atoms. The number of amides is 1. The van der Waals surface area contributed by atoms with Gasteiger partial charge in [0.15, 0.2) is 0 Å². The maximum absolute atomic E-state index is 12.0. The molecule has 0 spiro atoms. The lowest BCUT2D eigenvalue weighted by Gasteiger charge is -2.17. The second-order valence-corrected chi connectivity index (χ2v) is 6.32. The Morgan fingerprint density at radius 2 is 2.29 bits per heavy atom. The van der Waals surface area contributed by atoms with Gasteiger partial charge >= 0.3 is 0 Å². The third-order valence-electron chi connectivity index (χ3n) is 3.54. The number of hydrogen-bond donors (Lipinski definition) is 2. The summed E-state index contributed by atoms with van der Waals surface area (Å²) < 4.78 is 6.74. The topological polar surface area (TPSA) is 64.4 Å². The van der Waals surface area contributed by atoms with Crippen molar-refractivity contribution in [2.45, 2.75) is 38.3 Å². The van der Waals surface area contributed by atoms with E-state index in [0.29, 0.717) is 6.54 Å². The van der Waals surface area contributed by atoms with Crippen molar-refractivity contribution in [3.63, 3.8) is 0 Å². The maximum atomic E-state index is 12.0. The van der Waals surface area contributed by atoms with Crippen molar-refractivity contribution in [2.24, 2.45) is 11.7 Å². The molecular weight excluding hydrogens is 356 g/mol. The molecule has 1 aromatic carbocycles. The number of carbonyl (C=O) groups excluding carboxylic acids is 1. The number of ether oxygens (including phenoxy) is 1. The van der Waals surface area contributed by atoms with Gasteiger partial charge in [0.25, 0.3) is 0 Å². The molecule has 0 aliphatic heterocycles. The molecule has 0 radical (unpaired) electrons. The molecule has 0 heterocycles. The molecule has 1 saturated carbocycles. The van der Waals surface area contributed by atoms with Crippen LogP contribution in [0.3, 0.4) is 0 Å². The van der Waals surface area contributed by atoms with E-state index in [0.717, 1.165) is 29.5 Å². The Morgan fingerprint density at radius 1 is 1.52 bits per heavy atom. The third-order valence-corrected chi connectivity index (χ3v) is 4.03. The first-order valence-corrected chi connectivity index (χ1v) is 7.79. The number of hydrogen-bond acceptors (Lipinski definition) is 3. The minimum Gasteiger partial charge on any atom is -0.489 e. The third kappa shape index (κ3) is 5.85. The average Bonchev–Trinajstić information content (AvgIpc) is 2.83. The predicted octanol–water partition coefficient (Wildman–Crippen LogP) is 2.88. The number of carbonyl (C=O) groups is 1. The zero-order valence-corrected chi connectivity index (χ0v) is 14.5. The van der Waals surface area contributed by atoms with E-state index in [1.54, 1.807) is 0 Å². The van der Waals surface area contributed by atoms with E-state index in [1.807, 2.05) is 31.2 Å². The largest absolute Gasteiger partial charge is 0.489 e. The van der Waals surface area contributed by atoms with Gasteiger partial charge in [-0.25, -0.2) is 0 Å². The van der Waals surface area contributed by atoms with Gasteiger partial charge in [0.2, 0.25) is 5.91 Å². The van der Waals surface area contributed by atoms with E-state index in [2.05, 4.69) is 21.2 Å². The molecule has 118 valence electrons. The molecule has 1 aliphatic carbocycles. The van der Waals surface area contributed by atoms with Gasteiger partial charge in [-0.15, -0.1) is 12.4 Å². The van der Waals surface area contributed by atoms with Crippen LogP contribution in [0.1, 0.15) is 26.2 Å². The quantitative estimate of drug-likeness (QED) is 0.829. The van der Waals surface area contributed by atoms with Crippen LogP contribution in [0.5, 0.6) is 5.75 Å². The summed E-state index contributed by atoms with van der Waals surface area (Å²) in [6, 6.07) is 7.86. The lowest BCUT2D eigenvalue weighted by Crippen LogP contribution is -2.37. The normalized spacial score (nSPS) is 22.2. The van der Waals surface area contributed by atoms with E-state index in [9.17, 15) is 4.79 Å². The van der Waals surface area contributed by atoms with E-state index in [1.165, 1.54) is 0 Å². The average molecular weight is 378 g/mol. The summed E-state index contributed by atoms with van der Waals surface area (Å²) in [6.45, 7) is 2.46. The lowest BCUT2D eigenvalue weighted by molar-refractivity contribution is -0.125. The number of nitrogens with one attached hydrogen (secondary N) is 1. The summed E-state index contributed by atoms with van der Waals surface area (Å²) >= 11 is 3.40. The summed E-state index contributed by atoms with van der Waals surface area (Å²) in [7, 11) is 0.